The van der Waals surface area contributed by atoms with Gasteiger partial charge in [-0.1, -0.05) is 34.6 Å². The van der Waals surface area contributed by atoms with Gasteiger partial charge in [-0.25, -0.2) is 4.98 Å². The molecule has 0 bridgehead atoms. The molecule has 0 fully saturated rings. The highest BCUT2D eigenvalue weighted by molar-refractivity contribution is 7.98. The van der Waals surface area contributed by atoms with E-state index in [0.29, 0.717) is 11.8 Å². The zero-order valence-electron chi connectivity index (χ0n) is 12.2. The molecule has 1 N–H and O–H groups in total. The third-order valence-corrected chi connectivity index (χ3v) is 4.73. The maximum Gasteiger partial charge on any atom is 0.103 e. The van der Waals surface area contributed by atoms with Crippen molar-refractivity contribution in [3.63, 3.8) is 0 Å². The first-order valence-corrected chi connectivity index (χ1v) is 8.78. The number of nitrogens with one attached hydrogen (secondary N) is 1. The second kappa shape index (κ2) is 8.18. The average Bonchev–Trinajstić information content (AvgIpc) is 2.69. The zero-order chi connectivity index (χ0) is 13.5. The standard InChI is InChI=1S/C14H26N2S2/c1-6-17-9-13-16-14(11(4)5)12(18-13)8-15-7-10(2)3/h10-11,15H,6-9H2,1-5H3. The molecule has 0 atom stereocenters. The summed E-state index contributed by atoms with van der Waals surface area (Å²) in [7, 11) is 0. The third-order valence-electron chi connectivity index (χ3n) is 2.59. The Hall–Kier alpha value is -0.0600. The molecule has 0 amide bonds. The van der Waals surface area contributed by atoms with Gasteiger partial charge in [-0.2, -0.15) is 11.8 Å². The SMILES string of the molecule is CCSCc1nc(C(C)C)c(CNCC(C)C)s1. The van der Waals surface area contributed by atoms with Crippen molar-refractivity contribution in [3.05, 3.63) is 15.6 Å². The van der Waals surface area contributed by atoms with E-state index in [1.54, 1.807) is 0 Å². The highest BCUT2D eigenvalue weighted by atomic mass is 32.2. The van der Waals surface area contributed by atoms with Gasteiger partial charge in [0, 0.05) is 17.2 Å². The van der Waals surface area contributed by atoms with Crippen LogP contribution >= 0.6 is 23.1 Å². The molecule has 1 aromatic heterocycles. The number of nitrogens with zero attached hydrogens (tertiary/aromatic N) is 1. The van der Waals surface area contributed by atoms with Crippen LogP contribution in [0.25, 0.3) is 0 Å². The summed E-state index contributed by atoms with van der Waals surface area (Å²) in [4.78, 5) is 6.23. The molecule has 0 saturated heterocycles. The topological polar surface area (TPSA) is 24.9 Å². The van der Waals surface area contributed by atoms with Gasteiger partial charge in [-0.15, -0.1) is 11.3 Å². The van der Waals surface area contributed by atoms with Gasteiger partial charge in [0.2, 0.25) is 0 Å². The Morgan fingerprint density at radius 3 is 2.56 bits per heavy atom. The van der Waals surface area contributed by atoms with Crippen LogP contribution in [0.3, 0.4) is 0 Å². The van der Waals surface area contributed by atoms with Crippen LogP contribution in [0, 0.1) is 5.92 Å². The minimum atomic E-state index is 0.525. The first-order chi connectivity index (χ1) is 8.54. The predicted molar refractivity (Wildman–Crippen MR) is 84.6 cm³/mol. The normalized spacial score (nSPS) is 11.7. The summed E-state index contributed by atoms with van der Waals surface area (Å²) in [5.41, 5.74) is 1.29. The van der Waals surface area contributed by atoms with Gasteiger partial charge in [-0.3, -0.25) is 0 Å². The van der Waals surface area contributed by atoms with Crippen LogP contribution in [0.1, 0.15) is 56.1 Å². The molecule has 0 unspecified atom stereocenters. The summed E-state index contributed by atoms with van der Waals surface area (Å²) >= 11 is 3.84. The van der Waals surface area contributed by atoms with Crippen molar-refractivity contribution < 1.29 is 0 Å². The monoisotopic (exact) mass is 286 g/mol. The minimum absolute atomic E-state index is 0.525. The van der Waals surface area contributed by atoms with Gasteiger partial charge < -0.3 is 5.32 Å². The van der Waals surface area contributed by atoms with E-state index in [4.69, 9.17) is 4.98 Å². The molecule has 0 aliphatic carbocycles. The number of hydrogen-bond acceptors (Lipinski definition) is 4. The second-order valence-corrected chi connectivity index (χ2v) is 7.68. The highest BCUT2D eigenvalue weighted by Gasteiger charge is 2.13. The quantitative estimate of drug-likeness (QED) is 0.772. The first kappa shape index (κ1) is 16.0. The third kappa shape index (κ3) is 5.29. The Morgan fingerprint density at radius 1 is 1.28 bits per heavy atom. The Balaban J connectivity index is 2.65. The van der Waals surface area contributed by atoms with E-state index in [0.717, 1.165) is 24.6 Å². The number of aromatic nitrogens is 1. The number of rotatable bonds is 8. The fourth-order valence-electron chi connectivity index (χ4n) is 1.72. The lowest BCUT2D eigenvalue weighted by molar-refractivity contribution is 0.552. The van der Waals surface area contributed by atoms with Gasteiger partial charge in [0.15, 0.2) is 0 Å². The molecular formula is C14H26N2S2. The number of hydrogen-bond donors (Lipinski definition) is 1. The lowest BCUT2D eigenvalue weighted by atomic mass is 10.1. The molecule has 1 aromatic rings. The van der Waals surface area contributed by atoms with E-state index in [1.165, 1.54) is 15.6 Å². The molecule has 0 aliphatic rings. The van der Waals surface area contributed by atoms with Crippen molar-refractivity contribution in [1.29, 1.82) is 0 Å². The zero-order valence-corrected chi connectivity index (χ0v) is 13.9. The van der Waals surface area contributed by atoms with Gasteiger partial charge in [0.1, 0.15) is 5.01 Å². The molecule has 0 radical (unpaired) electrons. The fourth-order valence-corrected chi connectivity index (χ4v) is 3.63. The number of thiazole rings is 1. The van der Waals surface area contributed by atoms with E-state index in [9.17, 15) is 0 Å². The summed E-state index contributed by atoms with van der Waals surface area (Å²) in [5.74, 6) is 3.45. The minimum Gasteiger partial charge on any atom is -0.312 e. The Labute approximate surface area is 120 Å². The van der Waals surface area contributed by atoms with Gasteiger partial charge in [0.25, 0.3) is 0 Å². The van der Waals surface area contributed by atoms with Crippen molar-refractivity contribution in [2.24, 2.45) is 5.92 Å². The van der Waals surface area contributed by atoms with E-state index < -0.39 is 0 Å². The highest BCUT2D eigenvalue weighted by Crippen LogP contribution is 2.27. The summed E-state index contributed by atoms with van der Waals surface area (Å²) in [5, 5.41) is 4.81. The maximum atomic E-state index is 4.80. The fraction of sp³-hybridized carbons (Fsp3) is 0.786. The molecule has 0 aromatic carbocycles. The van der Waals surface area contributed by atoms with Crippen LogP contribution in [0.5, 0.6) is 0 Å². The molecular weight excluding hydrogens is 260 g/mol. The van der Waals surface area contributed by atoms with Crippen molar-refractivity contribution in [2.45, 2.75) is 52.8 Å². The lowest BCUT2D eigenvalue weighted by Gasteiger charge is -2.08. The van der Waals surface area contributed by atoms with Crippen LogP contribution in [0.15, 0.2) is 0 Å². The van der Waals surface area contributed by atoms with Crippen LogP contribution < -0.4 is 5.32 Å². The van der Waals surface area contributed by atoms with Crippen LogP contribution in [0.4, 0.5) is 0 Å². The largest absolute Gasteiger partial charge is 0.312 e. The van der Waals surface area contributed by atoms with Gasteiger partial charge >= 0.3 is 0 Å². The Morgan fingerprint density at radius 2 is 2.00 bits per heavy atom. The molecule has 4 heteroatoms. The summed E-state index contributed by atoms with van der Waals surface area (Å²) < 4.78 is 0. The predicted octanol–water partition coefficient (Wildman–Crippen LogP) is 4.27. The molecule has 0 spiro atoms. The van der Waals surface area contributed by atoms with Crippen molar-refractivity contribution in [2.75, 3.05) is 12.3 Å². The van der Waals surface area contributed by atoms with Crippen LogP contribution in [-0.4, -0.2) is 17.3 Å². The lowest BCUT2D eigenvalue weighted by Crippen LogP contribution is -2.19. The molecule has 1 rings (SSSR count). The molecule has 2 nitrogen and oxygen atoms in total. The van der Waals surface area contributed by atoms with E-state index in [2.05, 4.69) is 39.9 Å². The molecule has 0 aliphatic heterocycles. The van der Waals surface area contributed by atoms with Crippen molar-refractivity contribution >= 4 is 23.1 Å². The summed E-state index contributed by atoms with van der Waals surface area (Å²) in [6.45, 7) is 13.2. The Kier molecular flexibility index (Phi) is 7.27. The van der Waals surface area contributed by atoms with Gasteiger partial charge in [0.05, 0.1) is 5.69 Å². The van der Waals surface area contributed by atoms with Crippen molar-refractivity contribution in [1.82, 2.24) is 10.3 Å². The summed E-state index contributed by atoms with van der Waals surface area (Å²) in [6.07, 6.45) is 0. The van der Waals surface area contributed by atoms with E-state index in [-0.39, 0.29) is 0 Å². The number of thioether (sulfide) groups is 1. The maximum absolute atomic E-state index is 4.80. The summed E-state index contributed by atoms with van der Waals surface area (Å²) in [6, 6.07) is 0. The second-order valence-electron chi connectivity index (χ2n) is 5.23. The van der Waals surface area contributed by atoms with Crippen LogP contribution in [-0.2, 0) is 12.3 Å². The molecule has 104 valence electrons. The van der Waals surface area contributed by atoms with E-state index in [1.807, 2.05) is 23.1 Å². The Bertz CT molecular complexity index is 346. The first-order valence-electron chi connectivity index (χ1n) is 6.81. The molecule has 1 heterocycles. The smallest absolute Gasteiger partial charge is 0.103 e. The van der Waals surface area contributed by atoms with Crippen molar-refractivity contribution in [3.8, 4) is 0 Å². The molecule has 0 saturated carbocycles. The average molecular weight is 287 g/mol. The van der Waals surface area contributed by atoms with Crippen LogP contribution in [0.2, 0.25) is 0 Å². The van der Waals surface area contributed by atoms with Gasteiger partial charge in [-0.05, 0) is 24.1 Å². The molecule has 18 heavy (non-hydrogen) atoms. The van der Waals surface area contributed by atoms with E-state index >= 15 is 0 Å².